The summed E-state index contributed by atoms with van der Waals surface area (Å²) in [6, 6.07) is 13.0. The highest BCUT2D eigenvalue weighted by Crippen LogP contribution is 2.12. The van der Waals surface area contributed by atoms with E-state index in [-0.39, 0.29) is 12.5 Å². The van der Waals surface area contributed by atoms with E-state index in [4.69, 9.17) is 5.11 Å². The summed E-state index contributed by atoms with van der Waals surface area (Å²) >= 11 is 0. The van der Waals surface area contributed by atoms with Crippen LogP contribution in [-0.2, 0) is 6.42 Å². The predicted octanol–water partition coefficient (Wildman–Crippen LogP) is 2.12. The Bertz CT molecular complexity index is 730. The van der Waals surface area contributed by atoms with E-state index in [2.05, 4.69) is 10.3 Å². The Morgan fingerprint density at radius 2 is 2.00 bits per heavy atom. The number of aliphatic hydroxyl groups excluding tert-OH is 1. The maximum atomic E-state index is 12.2. The number of nitrogens with zero attached hydrogens (tertiary/aromatic N) is 2. The van der Waals surface area contributed by atoms with E-state index in [9.17, 15) is 4.79 Å². The van der Waals surface area contributed by atoms with Gasteiger partial charge in [-0.05, 0) is 36.2 Å². The minimum Gasteiger partial charge on any atom is -0.396 e. The summed E-state index contributed by atoms with van der Waals surface area (Å²) in [6.07, 6.45) is 4.16. The zero-order valence-corrected chi connectivity index (χ0v) is 11.4. The molecule has 0 unspecified atom stereocenters. The van der Waals surface area contributed by atoms with Crippen LogP contribution in [0.25, 0.3) is 5.65 Å². The third-order valence-corrected chi connectivity index (χ3v) is 3.21. The second-order valence-electron chi connectivity index (χ2n) is 4.72. The highest BCUT2D eigenvalue weighted by atomic mass is 16.2. The Kier molecular flexibility index (Phi) is 3.66. The van der Waals surface area contributed by atoms with Crippen molar-refractivity contribution in [3.63, 3.8) is 0 Å². The van der Waals surface area contributed by atoms with E-state index in [0.717, 1.165) is 11.2 Å². The molecule has 0 spiro atoms. The molecule has 0 saturated heterocycles. The first-order valence-corrected chi connectivity index (χ1v) is 6.71. The Morgan fingerprint density at radius 1 is 1.19 bits per heavy atom. The summed E-state index contributed by atoms with van der Waals surface area (Å²) in [5, 5.41) is 11.7. The van der Waals surface area contributed by atoms with Crippen LogP contribution in [0.4, 0.5) is 5.69 Å². The normalized spacial score (nSPS) is 10.7. The van der Waals surface area contributed by atoms with Crippen molar-refractivity contribution >= 4 is 17.2 Å². The van der Waals surface area contributed by atoms with Crippen LogP contribution in [-0.4, -0.2) is 27.0 Å². The van der Waals surface area contributed by atoms with E-state index < -0.39 is 0 Å². The highest BCUT2D eigenvalue weighted by Gasteiger charge is 2.10. The van der Waals surface area contributed by atoms with Crippen molar-refractivity contribution in [3.05, 3.63) is 66.1 Å². The first-order valence-electron chi connectivity index (χ1n) is 6.71. The quantitative estimate of drug-likeness (QED) is 0.770. The largest absolute Gasteiger partial charge is 0.396 e. The third-order valence-electron chi connectivity index (χ3n) is 3.21. The van der Waals surface area contributed by atoms with Crippen LogP contribution in [0.15, 0.2) is 54.9 Å². The van der Waals surface area contributed by atoms with Crippen molar-refractivity contribution in [1.29, 1.82) is 0 Å². The lowest BCUT2D eigenvalue weighted by molar-refractivity contribution is 0.102. The highest BCUT2D eigenvalue weighted by molar-refractivity contribution is 6.03. The van der Waals surface area contributed by atoms with Gasteiger partial charge in [0.25, 0.3) is 5.91 Å². The number of aromatic nitrogens is 2. The Labute approximate surface area is 121 Å². The molecule has 0 saturated carbocycles. The maximum Gasteiger partial charge on any atom is 0.275 e. The van der Waals surface area contributed by atoms with E-state index in [0.29, 0.717) is 17.8 Å². The molecule has 0 aliphatic rings. The second-order valence-corrected chi connectivity index (χ2v) is 4.72. The Balaban J connectivity index is 1.76. The number of carbonyl (C=O) groups excluding carboxylic acids is 1. The monoisotopic (exact) mass is 281 g/mol. The summed E-state index contributed by atoms with van der Waals surface area (Å²) in [7, 11) is 0. The minimum absolute atomic E-state index is 0.118. The number of aliphatic hydroxyl groups is 1. The molecule has 5 heteroatoms. The zero-order valence-electron chi connectivity index (χ0n) is 11.4. The van der Waals surface area contributed by atoms with Gasteiger partial charge in [-0.15, -0.1) is 0 Å². The smallest absolute Gasteiger partial charge is 0.275 e. The van der Waals surface area contributed by atoms with Crippen LogP contribution in [0, 0.1) is 0 Å². The number of fused-ring (bicyclic) bond motifs is 1. The molecule has 0 atom stereocenters. The molecule has 1 aromatic carbocycles. The van der Waals surface area contributed by atoms with Crippen molar-refractivity contribution in [3.8, 4) is 0 Å². The SMILES string of the molecule is O=C(Nc1ccc(CCO)cc1)c1cn2ccccc2n1. The van der Waals surface area contributed by atoms with Crippen molar-refractivity contribution < 1.29 is 9.90 Å². The molecule has 0 bridgehead atoms. The number of amides is 1. The van der Waals surface area contributed by atoms with Gasteiger partial charge < -0.3 is 14.8 Å². The van der Waals surface area contributed by atoms with Gasteiger partial charge >= 0.3 is 0 Å². The van der Waals surface area contributed by atoms with Crippen LogP contribution in [0.1, 0.15) is 16.1 Å². The summed E-state index contributed by atoms with van der Waals surface area (Å²) in [6.45, 7) is 0.118. The fourth-order valence-electron chi connectivity index (χ4n) is 2.12. The molecule has 106 valence electrons. The lowest BCUT2D eigenvalue weighted by atomic mass is 10.1. The van der Waals surface area contributed by atoms with E-state index >= 15 is 0 Å². The van der Waals surface area contributed by atoms with Gasteiger partial charge in [-0.2, -0.15) is 0 Å². The van der Waals surface area contributed by atoms with Gasteiger partial charge in [-0.25, -0.2) is 4.98 Å². The zero-order chi connectivity index (χ0) is 14.7. The number of hydrogen-bond acceptors (Lipinski definition) is 3. The molecule has 0 fully saturated rings. The Morgan fingerprint density at radius 3 is 2.71 bits per heavy atom. The molecule has 0 aliphatic heterocycles. The molecule has 1 amide bonds. The molecular weight excluding hydrogens is 266 g/mol. The number of hydrogen-bond donors (Lipinski definition) is 2. The summed E-state index contributed by atoms with van der Waals surface area (Å²) in [5.41, 5.74) is 2.85. The molecular formula is C16H15N3O2. The molecule has 0 aliphatic carbocycles. The van der Waals surface area contributed by atoms with Gasteiger partial charge in [0, 0.05) is 24.7 Å². The molecule has 3 rings (SSSR count). The van der Waals surface area contributed by atoms with Crippen LogP contribution in [0.3, 0.4) is 0 Å². The summed E-state index contributed by atoms with van der Waals surface area (Å²) in [4.78, 5) is 16.4. The first-order chi connectivity index (χ1) is 10.3. The van der Waals surface area contributed by atoms with Gasteiger partial charge in [0.15, 0.2) is 0 Å². The molecule has 0 radical (unpaired) electrons. The fourth-order valence-corrected chi connectivity index (χ4v) is 2.12. The lowest BCUT2D eigenvalue weighted by Gasteiger charge is -2.04. The first kappa shape index (κ1) is 13.3. The van der Waals surface area contributed by atoms with Crippen LogP contribution >= 0.6 is 0 Å². The number of carbonyl (C=O) groups is 1. The summed E-state index contributed by atoms with van der Waals surface area (Å²) in [5.74, 6) is -0.242. The number of rotatable bonds is 4. The average Bonchev–Trinajstić information content (AvgIpc) is 2.94. The molecule has 21 heavy (non-hydrogen) atoms. The second kappa shape index (κ2) is 5.76. The lowest BCUT2D eigenvalue weighted by Crippen LogP contribution is -2.12. The number of pyridine rings is 1. The number of nitrogens with one attached hydrogen (secondary N) is 1. The van der Waals surface area contributed by atoms with E-state index in [1.807, 2.05) is 48.7 Å². The molecule has 2 heterocycles. The summed E-state index contributed by atoms with van der Waals surface area (Å²) < 4.78 is 1.80. The standard InChI is InChI=1S/C16H15N3O2/c20-10-8-12-4-6-13(7-5-12)17-16(21)14-11-19-9-2-1-3-15(19)18-14/h1-7,9,11,20H,8,10H2,(H,17,21). The van der Waals surface area contributed by atoms with Crippen LogP contribution in [0.5, 0.6) is 0 Å². The van der Waals surface area contributed by atoms with Crippen molar-refractivity contribution in [2.75, 3.05) is 11.9 Å². The minimum atomic E-state index is -0.242. The van der Waals surface area contributed by atoms with Crippen LogP contribution < -0.4 is 5.32 Å². The van der Waals surface area contributed by atoms with Gasteiger partial charge in [-0.1, -0.05) is 18.2 Å². The van der Waals surface area contributed by atoms with E-state index in [1.54, 1.807) is 10.6 Å². The van der Waals surface area contributed by atoms with Gasteiger partial charge in [-0.3, -0.25) is 4.79 Å². The van der Waals surface area contributed by atoms with E-state index in [1.165, 1.54) is 0 Å². The predicted molar refractivity (Wildman–Crippen MR) is 80.4 cm³/mol. The van der Waals surface area contributed by atoms with Crippen LogP contribution in [0.2, 0.25) is 0 Å². The maximum absolute atomic E-state index is 12.2. The van der Waals surface area contributed by atoms with Crippen molar-refractivity contribution in [2.45, 2.75) is 6.42 Å². The van der Waals surface area contributed by atoms with Crippen molar-refractivity contribution in [2.24, 2.45) is 0 Å². The average molecular weight is 281 g/mol. The topological polar surface area (TPSA) is 66.6 Å². The molecule has 5 nitrogen and oxygen atoms in total. The number of imidazole rings is 1. The molecule has 2 N–H and O–H groups in total. The fraction of sp³-hybridized carbons (Fsp3) is 0.125. The van der Waals surface area contributed by atoms with Crippen molar-refractivity contribution in [1.82, 2.24) is 9.38 Å². The number of benzene rings is 1. The van der Waals surface area contributed by atoms with Gasteiger partial charge in [0.05, 0.1) is 0 Å². The molecule has 2 aromatic heterocycles. The number of anilines is 1. The van der Waals surface area contributed by atoms with Gasteiger partial charge in [0.2, 0.25) is 0 Å². The Hall–Kier alpha value is -2.66. The molecule has 3 aromatic rings. The third kappa shape index (κ3) is 2.93. The van der Waals surface area contributed by atoms with Gasteiger partial charge in [0.1, 0.15) is 11.3 Å².